The van der Waals surface area contributed by atoms with E-state index in [1.165, 1.54) is 6.42 Å². The first-order valence-corrected chi connectivity index (χ1v) is 6.53. The Morgan fingerprint density at radius 3 is 2.94 bits per heavy atom. The molecule has 1 aliphatic rings. The van der Waals surface area contributed by atoms with Crippen molar-refractivity contribution in [3.63, 3.8) is 0 Å². The minimum absolute atomic E-state index is 0.307. The van der Waals surface area contributed by atoms with Gasteiger partial charge in [0.2, 0.25) is 0 Å². The van der Waals surface area contributed by atoms with Crippen LogP contribution in [0.2, 0.25) is 0 Å². The molecule has 1 aliphatic carbocycles. The number of hydrogen-bond donors (Lipinski definition) is 1. The lowest BCUT2D eigenvalue weighted by Gasteiger charge is -2.40. The normalized spacial score (nSPS) is 29.2. The predicted octanol–water partition coefficient (Wildman–Crippen LogP) is 1.38. The van der Waals surface area contributed by atoms with Gasteiger partial charge in [-0.2, -0.15) is 5.26 Å². The third kappa shape index (κ3) is 3.95. The molecule has 1 N–H and O–H groups in total. The minimum Gasteiger partial charge on any atom is -0.383 e. The van der Waals surface area contributed by atoms with Gasteiger partial charge in [-0.15, -0.1) is 0 Å². The number of hydrogen-bond acceptors (Lipinski definition) is 4. The molecule has 1 fully saturated rings. The highest BCUT2D eigenvalue weighted by atomic mass is 16.5. The number of nitrogens with one attached hydrogen (secondary N) is 1. The van der Waals surface area contributed by atoms with Crippen LogP contribution in [0.3, 0.4) is 0 Å². The lowest BCUT2D eigenvalue weighted by atomic mass is 9.79. The van der Waals surface area contributed by atoms with Gasteiger partial charge in [-0.3, -0.25) is 5.32 Å². The van der Waals surface area contributed by atoms with Crippen LogP contribution in [0, 0.1) is 11.3 Å². The van der Waals surface area contributed by atoms with Crippen molar-refractivity contribution in [1.29, 1.82) is 5.26 Å². The molecular formula is C13H25N3O. The SMILES string of the molecule is CCNC1(C#N)CCCC(N(C)CCOC)C1. The number of nitrogens with zero attached hydrogens (tertiary/aromatic N) is 2. The predicted molar refractivity (Wildman–Crippen MR) is 68.8 cm³/mol. The summed E-state index contributed by atoms with van der Waals surface area (Å²) in [5.74, 6) is 0. The summed E-state index contributed by atoms with van der Waals surface area (Å²) in [6.45, 7) is 4.63. The minimum atomic E-state index is -0.307. The molecule has 0 aliphatic heterocycles. The first kappa shape index (κ1) is 14.4. The zero-order chi connectivity index (χ0) is 12.7. The summed E-state index contributed by atoms with van der Waals surface area (Å²) in [5.41, 5.74) is -0.307. The molecule has 2 unspecified atom stereocenters. The van der Waals surface area contributed by atoms with Crippen molar-refractivity contribution < 1.29 is 4.74 Å². The number of nitriles is 1. The summed E-state index contributed by atoms with van der Waals surface area (Å²) >= 11 is 0. The van der Waals surface area contributed by atoms with Gasteiger partial charge in [0, 0.05) is 19.7 Å². The van der Waals surface area contributed by atoms with Crippen molar-refractivity contribution in [2.75, 3.05) is 33.9 Å². The van der Waals surface area contributed by atoms with E-state index < -0.39 is 0 Å². The Hall–Kier alpha value is -0.630. The fourth-order valence-corrected chi connectivity index (χ4v) is 2.68. The summed E-state index contributed by atoms with van der Waals surface area (Å²) in [7, 11) is 3.86. The molecule has 0 heterocycles. The fraction of sp³-hybridized carbons (Fsp3) is 0.923. The van der Waals surface area contributed by atoms with E-state index in [0.717, 1.165) is 39.0 Å². The summed E-state index contributed by atoms with van der Waals surface area (Å²) in [5, 5.41) is 12.8. The molecule has 2 atom stereocenters. The van der Waals surface area contributed by atoms with Crippen molar-refractivity contribution in [3.8, 4) is 6.07 Å². The Labute approximate surface area is 105 Å². The average molecular weight is 239 g/mol. The van der Waals surface area contributed by atoms with Gasteiger partial charge in [-0.25, -0.2) is 0 Å². The molecule has 4 nitrogen and oxygen atoms in total. The number of likely N-dealkylation sites (N-methyl/N-ethyl adjacent to an activating group) is 1. The zero-order valence-electron chi connectivity index (χ0n) is 11.3. The second-order valence-electron chi connectivity index (χ2n) is 4.95. The molecule has 1 saturated carbocycles. The van der Waals surface area contributed by atoms with Gasteiger partial charge in [0.15, 0.2) is 0 Å². The Morgan fingerprint density at radius 1 is 1.59 bits per heavy atom. The molecule has 17 heavy (non-hydrogen) atoms. The summed E-state index contributed by atoms with van der Waals surface area (Å²) in [6, 6.07) is 2.99. The highest BCUT2D eigenvalue weighted by Gasteiger charge is 2.36. The van der Waals surface area contributed by atoms with Gasteiger partial charge in [-0.1, -0.05) is 6.92 Å². The highest BCUT2D eigenvalue weighted by Crippen LogP contribution is 2.30. The zero-order valence-corrected chi connectivity index (χ0v) is 11.3. The molecule has 0 aromatic heterocycles. The van der Waals surface area contributed by atoms with E-state index in [1.54, 1.807) is 7.11 Å². The number of methoxy groups -OCH3 is 1. The molecule has 0 aromatic rings. The molecule has 0 amide bonds. The largest absolute Gasteiger partial charge is 0.383 e. The Bertz CT molecular complexity index is 260. The van der Waals surface area contributed by atoms with Crippen LogP contribution in [0.4, 0.5) is 0 Å². The van der Waals surface area contributed by atoms with E-state index in [2.05, 4.69) is 30.3 Å². The van der Waals surface area contributed by atoms with Crippen molar-refractivity contribution in [1.82, 2.24) is 10.2 Å². The maximum Gasteiger partial charge on any atom is 0.108 e. The molecule has 0 spiro atoms. The number of ether oxygens (including phenoxy) is 1. The van der Waals surface area contributed by atoms with E-state index in [9.17, 15) is 5.26 Å². The van der Waals surface area contributed by atoms with Crippen molar-refractivity contribution >= 4 is 0 Å². The van der Waals surface area contributed by atoms with E-state index >= 15 is 0 Å². The molecule has 0 aromatic carbocycles. The quantitative estimate of drug-likeness (QED) is 0.761. The van der Waals surface area contributed by atoms with E-state index in [-0.39, 0.29) is 5.54 Å². The van der Waals surface area contributed by atoms with Crippen LogP contribution in [-0.4, -0.2) is 50.3 Å². The summed E-state index contributed by atoms with van der Waals surface area (Å²) < 4.78 is 5.11. The third-order valence-electron chi connectivity index (χ3n) is 3.73. The molecular weight excluding hydrogens is 214 g/mol. The number of rotatable bonds is 6. The molecule has 98 valence electrons. The van der Waals surface area contributed by atoms with Gasteiger partial charge in [0.05, 0.1) is 12.7 Å². The topological polar surface area (TPSA) is 48.3 Å². The first-order valence-electron chi connectivity index (χ1n) is 6.53. The van der Waals surface area contributed by atoms with Crippen molar-refractivity contribution in [3.05, 3.63) is 0 Å². The Balaban J connectivity index is 2.55. The smallest absolute Gasteiger partial charge is 0.108 e. The second-order valence-corrected chi connectivity index (χ2v) is 4.95. The second kappa shape index (κ2) is 6.95. The van der Waals surface area contributed by atoms with Crippen LogP contribution in [0.5, 0.6) is 0 Å². The van der Waals surface area contributed by atoms with Crippen LogP contribution >= 0.6 is 0 Å². The van der Waals surface area contributed by atoms with Gasteiger partial charge in [0.1, 0.15) is 5.54 Å². The van der Waals surface area contributed by atoms with Crippen LogP contribution in [-0.2, 0) is 4.74 Å². The lowest BCUT2D eigenvalue weighted by molar-refractivity contribution is 0.104. The van der Waals surface area contributed by atoms with Crippen LogP contribution in [0.15, 0.2) is 0 Å². The molecule has 0 saturated heterocycles. The molecule has 0 bridgehead atoms. The van der Waals surface area contributed by atoms with E-state index in [1.807, 2.05) is 0 Å². The van der Waals surface area contributed by atoms with Gasteiger partial charge in [0.25, 0.3) is 0 Å². The van der Waals surface area contributed by atoms with Crippen LogP contribution in [0.25, 0.3) is 0 Å². The van der Waals surface area contributed by atoms with Gasteiger partial charge in [-0.05, 0) is 39.3 Å². The van der Waals surface area contributed by atoms with Crippen molar-refractivity contribution in [2.24, 2.45) is 0 Å². The average Bonchev–Trinajstić information content (AvgIpc) is 2.36. The van der Waals surface area contributed by atoms with E-state index in [0.29, 0.717) is 6.04 Å². The fourth-order valence-electron chi connectivity index (χ4n) is 2.68. The van der Waals surface area contributed by atoms with Crippen LogP contribution in [0.1, 0.15) is 32.6 Å². The van der Waals surface area contributed by atoms with Gasteiger partial charge < -0.3 is 9.64 Å². The first-order chi connectivity index (χ1) is 8.17. The Morgan fingerprint density at radius 2 is 2.35 bits per heavy atom. The van der Waals surface area contributed by atoms with Crippen LogP contribution < -0.4 is 5.32 Å². The maximum atomic E-state index is 9.39. The molecule has 1 rings (SSSR count). The standard InChI is InChI=1S/C13H25N3O/c1-4-15-13(11-14)7-5-6-12(10-13)16(2)8-9-17-3/h12,15H,4-10H2,1-3H3. The summed E-state index contributed by atoms with van der Waals surface area (Å²) in [4.78, 5) is 2.33. The molecule has 4 heteroatoms. The Kier molecular flexibility index (Phi) is 5.90. The summed E-state index contributed by atoms with van der Waals surface area (Å²) in [6.07, 6.45) is 4.22. The highest BCUT2D eigenvalue weighted by molar-refractivity contribution is 5.10. The van der Waals surface area contributed by atoms with E-state index in [4.69, 9.17) is 4.74 Å². The third-order valence-corrected chi connectivity index (χ3v) is 3.73. The molecule has 0 radical (unpaired) electrons. The van der Waals surface area contributed by atoms with Gasteiger partial charge >= 0.3 is 0 Å². The van der Waals surface area contributed by atoms with Crippen molar-refractivity contribution in [2.45, 2.75) is 44.2 Å². The lowest BCUT2D eigenvalue weighted by Crippen LogP contribution is -2.52. The maximum absolute atomic E-state index is 9.39. The monoisotopic (exact) mass is 239 g/mol.